The molecule has 8 nitrogen and oxygen atoms in total. The number of nitrogens with zero attached hydrogens (tertiary/aromatic N) is 4. The van der Waals surface area contributed by atoms with E-state index in [1.54, 1.807) is 35.4 Å². The summed E-state index contributed by atoms with van der Waals surface area (Å²) in [5.41, 5.74) is 3.40. The van der Waals surface area contributed by atoms with Gasteiger partial charge in [-0.2, -0.15) is 0 Å². The Hall–Kier alpha value is -3.26. The normalized spacial score (nSPS) is 20.9. The van der Waals surface area contributed by atoms with Gasteiger partial charge in [0, 0.05) is 38.1 Å². The average Bonchev–Trinajstić information content (AvgIpc) is 2.91. The number of pyridine rings is 2. The molecule has 192 valence electrons. The molecular formula is C28H36N4O4. The fraction of sp³-hybridized carbons (Fsp3) is 0.500. The second kappa shape index (κ2) is 11.6. The molecule has 2 aromatic heterocycles. The zero-order valence-corrected chi connectivity index (χ0v) is 21.4. The van der Waals surface area contributed by atoms with Crippen molar-refractivity contribution in [1.82, 2.24) is 19.8 Å². The lowest BCUT2D eigenvalue weighted by atomic mass is 9.93. The second-order valence-electron chi connectivity index (χ2n) is 9.99. The molecule has 0 fully saturated rings. The lowest BCUT2D eigenvalue weighted by molar-refractivity contribution is -0.130. The van der Waals surface area contributed by atoms with Gasteiger partial charge in [-0.05, 0) is 61.4 Å². The Morgan fingerprint density at radius 1 is 1.33 bits per heavy atom. The predicted molar refractivity (Wildman–Crippen MR) is 137 cm³/mol. The number of rotatable bonds is 7. The summed E-state index contributed by atoms with van der Waals surface area (Å²) in [6.07, 6.45) is 11.6. The maximum absolute atomic E-state index is 13.6. The molecule has 0 unspecified atom stereocenters. The van der Waals surface area contributed by atoms with E-state index in [9.17, 15) is 14.7 Å². The van der Waals surface area contributed by atoms with Gasteiger partial charge in [0.25, 0.3) is 5.91 Å². The number of hydrogen-bond acceptors (Lipinski definition) is 6. The van der Waals surface area contributed by atoms with Crippen LogP contribution < -0.4 is 4.74 Å². The number of carbonyl (C=O) groups excluding carboxylic acids is 2. The van der Waals surface area contributed by atoms with Gasteiger partial charge in [-0.25, -0.2) is 4.98 Å². The van der Waals surface area contributed by atoms with Crippen LogP contribution in [0, 0.1) is 5.92 Å². The van der Waals surface area contributed by atoms with Gasteiger partial charge in [0.15, 0.2) is 0 Å². The van der Waals surface area contributed by atoms with Crippen LogP contribution in [-0.4, -0.2) is 75.6 Å². The molecule has 4 rings (SSSR count). The number of fused-ring (bicyclic) bond motifs is 1. The van der Waals surface area contributed by atoms with E-state index in [-0.39, 0.29) is 48.8 Å². The summed E-state index contributed by atoms with van der Waals surface area (Å²) >= 11 is 0. The lowest BCUT2D eigenvalue weighted by Crippen LogP contribution is -2.50. The summed E-state index contributed by atoms with van der Waals surface area (Å²) in [7, 11) is 1.76. The van der Waals surface area contributed by atoms with Crippen LogP contribution in [-0.2, 0) is 11.2 Å². The summed E-state index contributed by atoms with van der Waals surface area (Å²) in [6, 6.07) is 5.22. The molecule has 1 aliphatic heterocycles. The van der Waals surface area contributed by atoms with Crippen LogP contribution in [0.1, 0.15) is 61.0 Å². The minimum Gasteiger partial charge on any atom is -0.472 e. The standard InChI is InChI=1S/C28H36N4O4/c1-19-16-32(20(2)18-33)28(35)24-13-23(22-9-5-4-6-10-22)15-30-27(24)36-25(19)17-31(3)26(34)12-21-8-7-11-29-14-21/h7-9,11,13-15,19-20,25,33H,4-6,10,12,16-18H2,1-3H3/t19-,20-,25-/m0/s1. The minimum atomic E-state index is -0.375. The summed E-state index contributed by atoms with van der Waals surface area (Å²) < 4.78 is 6.35. The van der Waals surface area contributed by atoms with E-state index < -0.39 is 0 Å². The molecule has 3 heterocycles. The van der Waals surface area contributed by atoms with E-state index in [1.807, 2.05) is 32.0 Å². The number of ether oxygens (including phenoxy) is 1. The minimum absolute atomic E-state index is 0.0368. The molecule has 2 aromatic rings. The van der Waals surface area contributed by atoms with Crippen LogP contribution in [0.4, 0.5) is 0 Å². The van der Waals surface area contributed by atoms with Crippen LogP contribution in [0.25, 0.3) is 5.57 Å². The quantitative estimate of drug-likeness (QED) is 0.637. The summed E-state index contributed by atoms with van der Waals surface area (Å²) in [5.74, 6) is -0.0406. The van der Waals surface area contributed by atoms with Crippen LogP contribution >= 0.6 is 0 Å². The van der Waals surface area contributed by atoms with Crippen LogP contribution in [0.5, 0.6) is 5.88 Å². The number of allylic oxidation sites excluding steroid dienone is 2. The highest BCUT2D eigenvalue weighted by Crippen LogP contribution is 2.32. The van der Waals surface area contributed by atoms with E-state index in [1.165, 1.54) is 12.0 Å². The first kappa shape index (κ1) is 25.8. The Labute approximate surface area is 213 Å². The third-order valence-corrected chi connectivity index (χ3v) is 7.14. The van der Waals surface area contributed by atoms with Crippen molar-refractivity contribution >= 4 is 17.4 Å². The molecule has 2 aliphatic rings. The maximum Gasteiger partial charge on any atom is 0.259 e. The smallest absolute Gasteiger partial charge is 0.259 e. The van der Waals surface area contributed by atoms with E-state index in [4.69, 9.17) is 4.74 Å². The van der Waals surface area contributed by atoms with Crippen LogP contribution in [0.3, 0.4) is 0 Å². The van der Waals surface area contributed by atoms with Gasteiger partial charge < -0.3 is 19.6 Å². The molecular weight excluding hydrogens is 456 g/mol. The van der Waals surface area contributed by atoms with Crippen molar-refractivity contribution in [3.8, 4) is 5.88 Å². The van der Waals surface area contributed by atoms with Gasteiger partial charge in [0.1, 0.15) is 11.7 Å². The number of hydrogen-bond donors (Lipinski definition) is 1. The Kier molecular flexibility index (Phi) is 8.36. The first-order valence-electron chi connectivity index (χ1n) is 12.8. The first-order chi connectivity index (χ1) is 17.4. The number of aliphatic hydroxyl groups is 1. The second-order valence-corrected chi connectivity index (χ2v) is 9.99. The van der Waals surface area contributed by atoms with Gasteiger partial charge in [-0.3, -0.25) is 14.6 Å². The summed E-state index contributed by atoms with van der Waals surface area (Å²) in [6.45, 7) is 4.46. The predicted octanol–water partition coefficient (Wildman–Crippen LogP) is 3.36. The number of amides is 2. The number of aliphatic hydroxyl groups excluding tert-OH is 1. The monoisotopic (exact) mass is 492 g/mol. The Balaban J connectivity index is 1.61. The van der Waals surface area contributed by atoms with E-state index in [0.717, 1.165) is 30.4 Å². The lowest BCUT2D eigenvalue weighted by Gasteiger charge is -2.37. The van der Waals surface area contributed by atoms with Crippen LogP contribution in [0.2, 0.25) is 0 Å². The molecule has 1 aliphatic carbocycles. The fourth-order valence-corrected chi connectivity index (χ4v) is 4.78. The molecule has 0 aromatic carbocycles. The van der Waals surface area contributed by atoms with Crippen molar-refractivity contribution in [3.63, 3.8) is 0 Å². The van der Waals surface area contributed by atoms with Crippen molar-refractivity contribution in [1.29, 1.82) is 0 Å². The van der Waals surface area contributed by atoms with Crippen molar-refractivity contribution in [2.45, 2.75) is 58.1 Å². The molecule has 0 bridgehead atoms. The maximum atomic E-state index is 13.6. The molecule has 36 heavy (non-hydrogen) atoms. The average molecular weight is 493 g/mol. The van der Waals surface area contributed by atoms with Crippen molar-refractivity contribution < 1.29 is 19.4 Å². The van der Waals surface area contributed by atoms with Crippen molar-refractivity contribution in [2.24, 2.45) is 5.92 Å². The van der Waals surface area contributed by atoms with Gasteiger partial charge >= 0.3 is 0 Å². The third kappa shape index (κ3) is 5.93. The molecule has 0 radical (unpaired) electrons. The highest BCUT2D eigenvalue weighted by Gasteiger charge is 2.35. The first-order valence-corrected chi connectivity index (χ1v) is 12.8. The number of carbonyl (C=O) groups is 2. The molecule has 3 atom stereocenters. The summed E-state index contributed by atoms with van der Waals surface area (Å²) in [5, 5.41) is 9.88. The number of aromatic nitrogens is 2. The molecule has 1 N–H and O–H groups in total. The Bertz CT molecular complexity index is 1100. The molecule has 0 spiro atoms. The largest absolute Gasteiger partial charge is 0.472 e. The molecule has 8 heteroatoms. The molecule has 0 saturated heterocycles. The highest BCUT2D eigenvalue weighted by atomic mass is 16.5. The molecule has 0 saturated carbocycles. The van der Waals surface area contributed by atoms with Crippen LogP contribution in [0.15, 0.2) is 42.9 Å². The number of likely N-dealkylation sites (N-methyl/N-ethyl adjacent to an activating group) is 1. The third-order valence-electron chi connectivity index (χ3n) is 7.14. The van der Waals surface area contributed by atoms with Crippen molar-refractivity contribution in [3.05, 3.63) is 59.6 Å². The zero-order chi connectivity index (χ0) is 25.7. The van der Waals surface area contributed by atoms with E-state index >= 15 is 0 Å². The van der Waals surface area contributed by atoms with Gasteiger partial charge in [0.05, 0.1) is 25.6 Å². The fourth-order valence-electron chi connectivity index (χ4n) is 4.78. The highest BCUT2D eigenvalue weighted by molar-refractivity contribution is 5.97. The zero-order valence-electron chi connectivity index (χ0n) is 21.4. The summed E-state index contributed by atoms with van der Waals surface area (Å²) in [4.78, 5) is 38.6. The Morgan fingerprint density at radius 2 is 2.17 bits per heavy atom. The van der Waals surface area contributed by atoms with Gasteiger partial charge in [0.2, 0.25) is 11.8 Å². The molecule has 2 amide bonds. The topological polar surface area (TPSA) is 95.9 Å². The Morgan fingerprint density at radius 3 is 2.86 bits per heavy atom. The van der Waals surface area contributed by atoms with Gasteiger partial charge in [-0.15, -0.1) is 0 Å². The van der Waals surface area contributed by atoms with E-state index in [0.29, 0.717) is 18.7 Å². The van der Waals surface area contributed by atoms with Gasteiger partial charge in [-0.1, -0.05) is 19.1 Å². The van der Waals surface area contributed by atoms with Crippen molar-refractivity contribution in [2.75, 3.05) is 26.7 Å². The SMILES string of the molecule is C[C@H]1CN([C@@H](C)CO)C(=O)c2cc(C3=CCCCC3)cnc2O[C@H]1CN(C)C(=O)Cc1cccnc1. The van der Waals surface area contributed by atoms with E-state index in [2.05, 4.69) is 16.0 Å².